The monoisotopic (exact) mass is 489 g/mol. The molecule has 0 amide bonds. The van der Waals surface area contributed by atoms with Gasteiger partial charge in [0.15, 0.2) is 5.65 Å². The molecule has 0 bridgehead atoms. The van der Waals surface area contributed by atoms with Gasteiger partial charge in [0.25, 0.3) is 0 Å². The fourth-order valence-electron chi connectivity index (χ4n) is 4.59. The maximum absolute atomic E-state index is 9.67. The average molecular weight is 490 g/mol. The molecule has 1 aliphatic heterocycles. The molecule has 35 heavy (non-hydrogen) atoms. The third-order valence-corrected chi connectivity index (χ3v) is 6.91. The first-order valence-electron chi connectivity index (χ1n) is 12.2. The topological polar surface area (TPSA) is 81.9 Å². The molecule has 2 aliphatic carbocycles. The molecule has 0 spiro atoms. The first-order valence-corrected chi connectivity index (χ1v) is 12.2. The first-order chi connectivity index (χ1) is 16.8. The molecule has 1 saturated heterocycles. The van der Waals surface area contributed by atoms with Crippen molar-refractivity contribution in [1.29, 1.82) is 0 Å². The lowest BCUT2D eigenvalue weighted by Gasteiger charge is -2.37. The molecule has 3 aromatic heterocycles. The van der Waals surface area contributed by atoms with Gasteiger partial charge in [0.1, 0.15) is 11.6 Å². The molecule has 0 radical (unpaired) electrons. The number of hydrogen-bond acceptors (Lipinski definition) is 7. The molecule has 2 atom stereocenters. The van der Waals surface area contributed by atoms with Crippen LogP contribution in [0.4, 0.5) is 19.1 Å². The number of nitrogens with zero attached hydrogens (tertiary/aromatic N) is 7. The zero-order valence-corrected chi connectivity index (χ0v) is 20.2. The molecule has 11 heteroatoms. The van der Waals surface area contributed by atoms with Crippen molar-refractivity contribution in [2.24, 2.45) is 0 Å². The Labute approximate surface area is 201 Å². The van der Waals surface area contributed by atoms with Gasteiger partial charge in [-0.05, 0) is 46.5 Å². The van der Waals surface area contributed by atoms with Crippen molar-refractivity contribution in [2.45, 2.75) is 83.7 Å². The third-order valence-electron chi connectivity index (χ3n) is 6.91. The van der Waals surface area contributed by atoms with E-state index in [1.807, 2.05) is 20.0 Å². The minimum Gasteiger partial charge on any atom is -0.367 e. The fourth-order valence-corrected chi connectivity index (χ4v) is 4.59. The van der Waals surface area contributed by atoms with Crippen molar-refractivity contribution in [3.63, 3.8) is 0 Å². The summed E-state index contributed by atoms with van der Waals surface area (Å²) in [5, 5.41) is 4.56. The summed E-state index contributed by atoms with van der Waals surface area (Å²) in [5.41, 5.74) is 5.68. The van der Waals surface area contributed by atoms with E-state index in [-0.39, 0.29) is 12.2 Å². The number of ether oxygens (including phenoxy) is 1. The summed E-state index contributed by atoms with van der Waals surface area (Å²) in [4.78, 5) is 21.8. The zero-order valence-electron chi connectivity index (χ0n) is 20.2. The number of aryl methyl sites for hydroxylation is 2. The van der Waals surface area contributed by atoms with Crippen LogP contribution in [0.5, 0.6) is 0 Å². The van der Waals surface area contributed by atoms with Crippen LogP contribution in [0.3, 0.4) is 0 Å². The summed E-state index contributed by atoms with van der Waals surface area (Å²) in [5.74, 6) is 1.22. The quantitative estimate of drug-likeness (QED) is 0.511. The predicted molar refractivity (Wildman–Crippen MR) is 124 cm³/mol. The third kappa shape index (κ3) is 5.24. The van der Waals surface area contributed by atoms with Gasteiger partial charge in [-0.1, -0.05) is 6.42 Å². The van der Waals surface area contributed by atoms with Crippen LogP contribution < -0.4 is 4.90 Å². The minimum absolute atomic E-state index is 0.0338. The Bertz CT molecular complexity index is 1190. The summed E-state index contributed by atoms with van der Waals surface area (Å²) < 4.78 is 37.4. The lowest BCUT2D eigenvalue weighted by Crippen LogP contribution is -2.43. The predicted octanol–water partition coefficient (Wildman–Crippen LogP) is 4.98. The van der Waals surface area contributed by atoms with Crippen LogP contribution in [0.25, 0.3) is 11.2 Å². The van der Waals surface area contributed by atoms with Crippen LogP contribution in [0.1, 0.15) is 79.7 Å². The van der Waals surface area contributed by atoms with Crippen LogP contribution >= 0.6 is 0 Å². The van der Waals surface area contributed by atoms with Gasteiger partial charge in [-0.3, -0.25) is 4.68 Å². The number of morpholine rings is 1. The van der Waals surface area contributed by atoms with Crippen molar-refractivity contribution in [1.82, 2.24) is 29.7 Å². The molecular weight excluding hydrogens is 459 g/mol. The van der Waals surface area contributed by atoms with Crippen molar-refractivity contribution in [3.05, 3.63) is 35.0 Å². The van der Waals surface area contributed by atoms with Gasteiger partial charge in [-0.2, -0.15) is 23.3 Å². The smallest absolute Gasteiger partial charge is 0.367 e. The summed E-state index contributed by atoms with van der Waals surface area (Å²) in [6.45, 7) is 3.94. The van der Waals surface area contributed by atoms with E-state index in [4.69, 9.17) is 24.7 Å². The molecule has 8 nitrogen and oxygen atoms in total. The van der Waals surface area contributed by atoms with Crippen molar-refractivity contribution in [3.8, 4) is 0 Å². The first kappa shape index (κ1) is 23.9. The fraction of sp³-hybridized carbons (Fsp3) is 0.625. The van der Waals surface area contributed by atoms with E-state index in [0.717, 1.165) is 40.7 Å². The number of hydrogen-bond donors (Lipinski definition) is 0. The lowest BCUT2D eigenvalue weighted by molar-refractivity contribution is -0.0179. The molecular formula is C24H30F3N7O. The summed E-state index contributed by atoms with van der Waals surface area (Å²) in [6, 6.07) is 0.574. The standard InChI is InChI=1S/C23H29N7O.CHF3/c1-13-10-29(12-19(31-13)17-9-24-30(11-17)18-7-8-18)23-27-20(16-5-4-6-16)21-22(28-23)26-15(3)14(2)25-21;2-1(3)4/h9,11,13,16,18-19H,4-8,10,12H2,1-3H3;1H. The number of rotatable bonds is 4. The Kier molecular flexibility index (Phi) is 6.61. The van der Waals surface area contributed by atoms with Crippen LogP contribution in [0.15, 0.2) is 12.4 Å². The normalized spacial score (nSPS) is 22.8. The van der Waals surface area contributed by atoms with E-state index in [1.54, 1.807) is 0 Å². The molecule has 6 rings (SSSR count). The van der Waals surface area contributed by atoms with Crippen LogP contribution in [-0.2, 0) is 4.74 Å². The second kappa shape index (κ2) is 9.67. The van der Waals surface area contributed by atoms with E-state index in [9.17, 15) is 13.2 Å². The Hall–Kier alpha value is -2.82. The molecule has 0 aromatic carbocycles. The number of fused-ring (bicyclic) bond motifs is 1. The molecule has 4 heterocycles. The second-order valence-electron chi connectivity index (χ2n) is 9.68. The largest absolute Gasteiger partial charge is 0.379 e. The Morgan fingerprint density at radius 2 is 1.69 bits per heavy atom. The molecule has 0 N–H and O–H groups in total. The summed E-state index contributed by atoms with van der Waals surface area (Å²) >= 11 is 0. The van der Waals surface area contributed by atoms with Crippen molar-refractivity contribution < 1.29 is 17.9 Å². The minimum atomic E-state index is -3.67. The average Bonchev–Trinajstić information content (AvgIpc) is 3.49. The Balaban J connectivity index is 0.000000591. The summed E-state index contributed by atoms with van der Waals surface area (Å²) in [6.07, 6.45) is 10.2. The van der Waals surface area contributed by atoms with Crippen LogP contribution in [0, 0.1) is 13.8 Å². The molecule has 188 valence electrons. The molecule has 2 unspecified atom stereocenters. The number of halogens is 3. The van der Waals surface area contributed by atoms with Crippen LogP contribution in [-0.4, -0.2) is 55.6 Å². The van der Waals surface area contributed by atoms with E-state index >= 15 is 0 Å². The van der Waals surface area contributed by atoms with E-state index in [1.165, 1.54) is 32.1 Å². The second-order valence-corrected chi connectivity index (χ2v) is 9.68. The summed E-state index contributed by atoms with van der Waals surface area (Å²) in [7, 11) is 0. The highest BCUT2D eigenvalue weighted by Crippen LogP contribution is 2.39. The SMILES string of the molecule is Cc1nc2nc(N3CC(C)OC(c4cnn(C5CC5)c4)C3)nc(C3CCC3)c2nc1C.FC(F)F. The van der Waals surface area contributed by atoms with Gasteiger partial charge in [0.05, 0.1) is 42.0 Å². The number of aromatic nitrogens is 6. The van der Waals surface area contributed by atoms with Gasteiger partial charge in [-0.25, -0.2) is 15.0 Å². The van der Waals surface area contributed by atoms with Gasteiger partial charge >= 0.3 is 6.68 Å². The number of alkyl halides is 3. The van der Waals surface area contributed by atoms with Gasteiger partial charge in [-0.15, -0.1) is 0 Å². The highest BCUT2D eigenvalue weighted by Gasteiger charge is 2.32. The van der Waals surface area contributed by atoms with Gasteiger partial charge in [0, 0.05) is 24.2 Å². The molecule has 3 aromatic rings. The Morgan fingerprint density at radius 1 is 0.971 bits per heavy atom. The number of anilines is 1. The van der Waals surface area contributed by atoms with Crippen LogP contribution in [0.2, 0.25) is 0 Å². The van der Waals surface area contributed by atoms with Crippen molar-refractivity contribution >= 4 is 17.1 Å². The van der Waals surface area contributed by atoms with Gasteiger partial charge < -0.3 is 9.64 Å². The van der Waals surface area contributed by atoms with E-state index in [2.05, 4.69) is 27.8 Å². The maximum atomic E-state index is 9.67. The van der Waals surface area contributed by atoms with E-state index < -0.39 is 6.68 Å². The zero-order chi connectivity index (χ0) is 24.7. The highest BCUT2D eigenvalue weighted by molar-refractivity contribution is 5.75. The highest BCUT2D eigenvalue weighted by atomic mass is 19.4. The lowest BCUT2D eigenvalue weighted by atomic mass is 9.82. The molecule has 3 aliphatic rings. The maximum Gasteiger partial charge on any atom is 0.379 e. The van der Waals surface area contributed by atoms with E-state index in [0.29, 0.717) is 24.2 Å². The van der Waals surface area contributed by atoms with Crippen molar-refractivity contribution in [2.75, 3.05) is 18.0 Å². The molecule has 3 fully saturated rings. The molecule has 2 saturated carbocycles. The Morgan fingerprint density at radius 3 is 2.34 bits per heavy atom. The van der Waals surface area contributed by atoms with Gasteiger partial charge in [0.2, 0.25) is 5.95 Å².